The van der Waals surface area contributed by atoms with Gasteiger partial charge in [0.2, 0.25) is 0 Å². The number of hydrogen-bond acceptors (Lipinski definition) is 4. The van der Waals surface area contributed by atoms with Crippen LogP contribution in [-0.2, 0) is 16.0 Å². The Morgan fingerprint density at radius 2 is 2.04 bits per heavy atom. The van der Waals surface area contributed by atoms with Crippen molar-refractivity contribution in [1.29, 1.82) is 0 Å². The smallest absolute Gasteiger partial charge is 0.191 e. The SMILES string of the molecule is CCNC(=NCCCOCCOC)NCCCCn1ccnc1C.I. The lowest BCUT2D eigenvalue weighted by Crippen LogP contribution is -2.38. The zero-order valence-electron chi connectivity index (χ0n) is 15.8. The zero-order chi connectivity index (χ0) is 17.5. The molecule has 7 nitrogen and oxygen atoms in total. The number of nitrogens with zero attached hydrogens (tertiary/aromatic N) is 3. The highest BCUT2D eigenvalue weighted by Gasteiger charge is 1.99. The molecule has 0 radical (unpaired) electrons. The largest absolute Gasteiger partial charge is 0.382 e. The Morgan fingerprint density at radius 3 is 2.72 bits per heavy atom. The van der Waals surface area contributed by atoms with Crippen molar-refractivity contribution in [3.63, 3.8) is 0 Å². The second-order valence-electron chi connectivity index (χ2n) is 5.52. The zero-order valence-corrected chi connectivity index (χ0v) is 18.1. The summed E-state index contributed by atoms with van der Waals surface area (Å²) in [5, 5.41) is 6.65. The first kappa shape index (κ1) is 24.1. The Morgan fingerprint density at radius 1 is 1.20 bits per heavy atom. The maximum absolute atomic E-state index is 5.43. The summed E-state index contributed by atoms with van der Waals surface area (Å²) in [6.07, 6.45) is 7.02. The molecule has 0 saturated heterocycles. The molecule has 1 rings (SSSR count). The molecular formula is C17H34IN5O2. The number of halogens is 1. The summed E-state index contributed by atoms with van der Waals surface area (Å²) in [5.74, 6) is 1.96. The molecule has 0 aliphatic carbocycles. The van der Waals surface area contributed by atoms with Gasteiger partial charge in [-0.05, 0) is 33.1 Å². The molecule has 2 N–H and O–H groups in total. The predicted molar refractivity (Wildman–Crippen MR) is 113 cm³/mol. The number of unbranched alkanes of at least 4 members (excludes halogenated alkanes) is 1. The summed E-state index contributed by atoms with van der Waals surface area (Å²) in [5.41, 5.74) is 0. The van der Waals surface area contributed by atoms with Gasteiger partial charge in [-0.3, -0.25) is 4.99 Å². The number of aliphatic imine (C=N–C) groups is 1. The average molecular weight is 467 g/mol. The number of ether oxygens (including phenoxy) is 2. The summed E-state index contributed by atoms with van der Waals surface area (Å²) < 4.78 is 12.6. The van der Waals surface area contributed by atoms with Crippen LogP contribution in [0.2, 0.25) is 0 Å². The molecule has 8 heteroatoms. The van der Waals surface area contributed by atoms with Crippen LogP contribution in [0.1, 0.15) is 32.0 Å². The lowest BCUT2D eigenvalue weighted by Gasteiger charge is -2.11. The van der Waals surface area contributed by atoms with E-state index in [4.69, 9.17) is 9.47 Å². The molecule has 0 saturated carbocycles. The van der Waals surface area contributed by atoms with Crippen LogP contribution in [0.5, 0.6) is 0 Å². The van der Waals surface area contributed by atoms with Gasteiger partial charge in [-0.2, -0.15) is 0 Å². The van der Waals surface area contributed by atoms with Gasteiger partial charge in [0.05, 0.1) is 13.2 Å². The van der Waals surface area contributed by atoms with Gasteiger partial charge in [0.15, 0.2) is 5.96 Å². The number of aryl methyl sites for hydroxylation is 2. The molecule has 0 spiro atoms. The quantitative estimate of drug-likeness (QED) is 0.202. The molecule has 25 heavy (non-hydrogen) atoms. The Hall–Kier alpha value is -0.870. The van der Waals surface area contributed by atoms with E-state index < -0.39 is 0 Å². The third kappa shape index (κ3) is 12.2. The first-order valence-electron chi connectivity index (χ1n) is 8.84. The van der Waals surface area contributed by atoms with Gasteiger partial charge >= 0.3 is 0 Å². The van der Waals surface area contributed by atoms with Crippen molar-refractivity contribution < 1.29 is 9.47 Å². The third-order valence-electron chi connectivity index (χ3n) is 3.53. The molecule has 0 bridgehead atoms. The number of imidazole rings is 1. The van der Waals surface area contributed by atoms with Crippen molar-refractivity contribution in [1.82, 2.24) is 20.2 Å². The molecule has 1 aromatic rings. The molecule has 146 valence electrons. The first-order chi connectivity index (χ1) is 11.8. The highest BCUT2D eigenvalue weighted by Crippen LogP contribution is 1.99. The maximum atomic E-state index is 5.43. The van der Waals surface area contributed by atoms with Crippen molar-refractivity contribution in [3.05, 3.63) is 18.2 Å². The second kappa shape index (κ2) is 16.6. The molecule has 0 aliphatic rings. The highest BCUT2D eigenvalue weighted by atomic mass is 127. The van der Waals surface area contributed by atoms with E-state index in [1.807, 2.05) is 19.3 Å². The Kier molecular flexibility index (Phi) is 16.0. The molecule has 0 atom stereocenters. The van der Waals surface area contributed by atoms with Gasteiger partial charge in [-0.1, -0.05) is 0 Å². The monoisotopic (exact) mass is 467 g/mol. The van der Waals surface area contributed by atoms with Crippen LogP contribution in [0, 0.1) is 6.92 Å². The van der Waals surface area contributed by atoms with Crippen LogP contribution in [0.25, 0.3) is 0 Å². The van der Waals surface area contributed by atoms with E-state index in [2.05, 4.69) is 32.1 Å². The van der Waals surface area contributed by atoms with Gasteiger partial charge in [0.1, 0.15) is 5.82 Å². The molecule has 0 aromatic carbocycles. The third-order valence-corrected chi connectivity index (χ3v) is 3.53. The molecule has 1 aromatic heterocycles. The fraction of sp³-hybridized carbons (Fsp3) is 0.765. The molecular weight excluding hydrogens is 433 g/mol. The number of rotatable bonds is 13. The van der Waals surface area contributed by atoms with Crippen molar-refractivity contribution in [2.24, 2.45) is 4.99 Å². The minimum Gasteiger partial charge on any atom is -0.382 e. The molecule has 0 unspecified atom stereocenters. The number of aromatic nitrogens is 2. The number of methoxy groups -OCH3 is 1. The van der Waals surface area contributed by atoms with E-state index >= 15 is 0 Å². The fourth-order valence-corrected chi connectivity index (χ4v) is 2.20. The van der Waals surface area contributed by atoms with E-state index in [0.717, 1.165) is 63.8 Å². The Bertz CT molecular complexity index is 454. The minimum atomic E-state index is 0. The van der Waals surface area contributed by atoms with E-state index in [-0.39, 0.29) is 24.0 Å². The summed E-state index contributed by atoms with van der Waals surface area (Å²) >= 11 is 0. The van der Waals surface area contributed by atoms with E-state index in [0.29, 0.717) is 13.2 Å². The van der Waals surface area contributed by atoms with Crippen LogP contribution in [0.4, 0.5) is 0 Å². The average Bonchev–Trinajstić information content (AvgIpc) is 2.98. The number of hydrogen-bond donors (Lipinski definition) is 2. The van der Waals surface area contributed by atoms with Crippen molar-refractivity contribution in [2.75, 3.05) is 46.6 Å². The van der Waals surface area contributed by atoms with E-state index in [1.165, 1.54) is 0 Å². The first-order valence-corrected chi connectivity index (χ1v) is 8.84. The van der Waals surface area contributed by atoms with Crippen molar-refractivity contribution >= 4 is 29.9 Å². The van der Waals surface area contributed by atoms with Crippen LogP contribution < -0.4 is 10.6 Å². The van der Waals surface area contributed by atoms with Gasteiger partial charge in [-0.25, -0.2) is 4.98 Å². The van der Waals surface area contributed by atoms with Crippen LogP contribution in [-0.4, -0.2) is 62.1 Å². The molecule has 0 fully saturated rings. The van der Waals surface area contributed by atoms with Crippen molar-refractivity contribution in [2.45, 2.75) is 39.7 Å². The fourth-order valence-electron chi connectivity index (χ4n) is 2.20. The summed E-state index contributed by atoms with van der Waals surface area (Å²) in [6.45, 7) is 9.68. The minimum absolute atomic E-state index is 0. The summed E-state index contributed by atoms with van der Waals surface area (Å²) in [7, 11) is 1.68. The van der Waals surface area contributed by atoms with Crippen LogP contribution in [0.15, 0.2) is 17.4 Å². The molecule has 0 amide bonds. The number of guanidine groups is 1. The van der Waals surface area contributed by atoms with Crippen LogP contribution >= 0.6 is 24.0 Å². The van der Waals surface area contributed by atoms with E-state index in [9.17, 15) is 0 Å². The second-order valence-corrected chi connectivity index (χ2v) is 5.52. The lowest BCUT2D eigenvalue weighted by molar-refractivity contribution is 0.0702. The molecule has 1 heterocycles. The van der Waals surface area contributed by atoms with Gasteiger partial charge in [0, 0.05) is 52.3 Å². The highest BCUT2D eigenvalue weighted by molar-refractivity contribution is 14.0. The van der Waals surface area contributed by atoms with Crippen molar-refractivity contribution in [3.8, 4) is 0 Å². The standard InChI is InChI=1S/C17H33N5O2.HI/c1-4-18-17(21-9-7-13-24-15-14-23-3)20-8-5-6-11-22-12-10-19-16(22)2;/h10,12H,4-9,11,13-15H2,1-3H3,(H2,18,20,21);1H. The van der Waals surface area contributed by atoms with Crippen LogP contribution in [0.3, 0.4) is 0 Å². The maximum Gasteiger partial charge on any atom is 0.191 e. The van der Waals surface area contributed by atoms with Gasteiger partial charge in [-0.15, -0.1) is 24.0 Å². The normalized spacial score (nSPS) is 11.2. The Labute approximate surface area is 169 Å². The number of nitrogens with one attached hydrogen (secondary N) is 2. The topological polar surface area (TPSA) is 72.7 Å². The Balaban J connectivity index is 0.00000576. The lowest BCUT2D eigenvalue weighted by atomic mass is 10.3. The summed E-state index contributed by atoms with van der Waals surface area (Å²) in [4.78, 5) is 8.80. The summed E-state index contributed by atoms with van der Waals surface area (Å²) in [6, 6.07) is 0. The van der Waals surface area contributed by atoms with Gasteiger partial charge < -0.3 is 24.7 Å². The molecule has 0 aliphatic heterocycles. The van der Waals surface area contributed by atoms with Gasteiger partial charge in [0.25, 0.3) is 0 Å². The predicted octanol–water partition coefficient (Wildman–Crippen LogP) is 2.20. The van der Waals surface area contributed by atoms with E-state index in [1.54, 1.807) is 7.11 Å².